The van der Waals surface area contributed by atoms with Crippen LogP contribution >= 0.6 is 0 Å². The van der Waals surface area contributed by atoms with E-state index in [4.69, 9.17) is 18.9 Å². The molecule has 0 amide bonds. The SMILES string of the molecule is C=C(C)C(=O)OCCOC(c1ccccc1)(c1ccccc1)c1ccccc1.C=CC(=O)OCCOc1ccccc1. The molecule has 0 atom stereocenters. The first-order chi connectivity index (χ1) is 20.5. The third-order valence-electron chi connectivity index (χ3n) is 6.03. The highest BCUT2D eigenvalue weighted by molar-refractivity contribution is 5.86. The number of carbonyl (C=O) groups excluding carboxylic acids is 2. The Labute approximate surface area is 247 Å². The van der Waals surface area contributed by atoms with E-state index in [2.05, 4.69) is 49.6 Å². The molecule has 0 saturated carbocycles. The molecule has 0 radical (unpaired) electrons. The summed E-state index contributed by atoms with van der Waals surface area (Å²) in [5.74, 6) is -0.0721. The lowest BCUT2D eigenvalue weighted by molar-refractivity contribution is -0.142. The van der Waals surface area contributed by atoms with Crippen LogP contribution in [-0.4, -0.2) is 38.4 Å². The molecule has 0 heterocycles. The number of hydrogen-bond acceptors (Lipinski definition) is 6. The van der Waals surface area contributed by atoms with Crippen molar-refractivity contribution >= 4 is 11.9 Å². The molecule has 0 spiro atoms. The molecule has 0 aliphatic heterocycles. The first-order valence-corrected chi connectivity index (χ1v) is 13.6. The smallest absolute Gasteiger partial charge is 0.333 e. The molecule has 6 heteroatoms. The molecular formula is C36H36O6. The zero-order valence-electron chi connectivity index (χ0n) is 23.8. The van der Waals surface area contributed by atoms with E-state index in [9.17, 15) is 9.59 Å². The van der Waals surface area contributed by atoms with Gasteiger partial charge in [0.15, 0.2) is 0 Å². The van der Waals surface area contributed by atoms with Crippen LogP contribution in [0.15, 0.2) is 146 Å². The fraction of sp³-hybridized carbons (Fsp3) is 0.167. The van der Waals surface area contributed by atoms with Gasteiger partial charge in [-0.25, -0.2) is 9.59 Å². The normalized spacial score (nSPS) is 10.4. The number of benzene rings is 4. The summed E-state index contributed by atoms with van der Waals surface area (Å²) in [6, 6.07) is 39.6. The standard InChI is InChI=1S/C25H24O3.C11H12O3/c1-20(2)24(26)27-18-19-28-25(21-12-6-3-7-13-21,22-14-8-4-9-15-22)23-16-10-5-11-17-23;1-2-11(12)14-9-8-13-10-6-4-3-5-7-10/h3-17H,1,18-19H2,2H3;2-7H,1,8-9H2. The molecule has 0 bridgehead atoms. The van der Waals surface area contributed by atoms with Crippen molar-refractivity contribution in [3.8, 4) is 5.75 Å². The average Bonchev–Trinajstić information content (AvgIpc) is 3.05. The topological polar surface area (TPSA) is 71.1 Å². The zero-order chi connectivity index (χ0) is 30.0. The van der Waals surface area contributed by atoms with Crippen molar-refractivity contribution in [2.24, 2.45) is 0 Å². The Morgan fingerprint density at radius 3 is 1.50 bits per heavy atom. The Morgan fingerprint density at radius 1 is 0.643 bits per heavy atom. The molecule has 6 nitrogen and oxygen atoms in total. The molecule has 0 unspecified atom stereocenters. The van der Waals surface area contributed by atoms with E-state index >= 15 is 0 Å². The maximum Gasteiger partial charge on any atom is 0.333 e. The predicted molar refractivity (Wildman–Crippen MR) is 164 cm³/mol. The Morgan fingerprint density at radius 2 is 1.07 bits per heavy atom. The first kappa shape index (κ1) is 31.6. The van der Waals surface area contributed by atoms with Crippen LogP contribution in [0.5, 0.6) is 5.75 Å². The number of hydrogen-bond donors (Lipinski definition) is 0. The van der Waals surface area contributed by atoms with E-state index in [1.54, 1.807) is 6.92 Å². The lowest BCUT2D eigenvalue weighted by atomic mass is 9.80. The van der Waals surface area contributed by atoms with Crippen molar-refractivity contribution in [3.63, 3.8) is 0 Å². The molecule has 4 aromatic rings. The average molecular weight is 565 g/mol. The highest BCUT2D eigenvalue weighted by Crippen LogP contribution is 2.40. The largest absolute Gasteiger partial charge is 0.490 e. The number of rotatable bonds is 13. The van der Waals surface area contributed by atoms with Crippen LogP contribution in [-0.2, 0) is 29.4 Å². The molecular weight excluding hydrogens is 528 g/mol. The van der Waals surface area contributed by atoms with Gasteiger partial charge in [-0.05, 0) is 35.7 Å². The van der Waals surface area contributed by atoms with Gasteiger partial charge < -0.3 is 18.9 Å². The molecule has 216 valence electrons. The maximum absolute atomic E-state index is 11.7. The van der Waals surface area contributed by atoms with Gasteiger partial charge in [0.05, 0.1) is 6.61 Å². The second-order valence-electron chi connectivity index (χ2n) is 9.08. The molecule has 0 saturated heterocycles. The van der Waals surface area contributed by atoms with Gasteiger partial charge in [-0.15, -0.1) is 0 Å². The van der Waals surface area contributed by atoms with Gasteiger partial charge in [-0.3, -0.25) is 0 Å². The van der Waals surface area contributed by atoms with E-state index < -0.39 is 17.5 Å². The Bertz CT molecular complexity index is 1290. The van der Waals surface area contributed by atoms with E-state index in [1.807, 2.05) is 84.9 Å². The van der Waals surface area contributed by atoms with Crippen LogP contribution in [0.1, 0.15) is 23.6 Å². The molecule has 4 aromatic carbocycles. The summed E-state index contributed by atoms with van der Waals surface area (Å²) in [5, 5.41) is 0. The van der Waals surface area contributed by atoms with Crippen molar-refractivity contribution < 1.29 is 28.5 Å². The number of ether oxygens (including phenoxy) is 4. The quantitative estimate of drug-likeness (QED) is 0.0761. The molecule has 0 N–H and O–H groups in total. The highest BCUT2D eigenvalue weighted by atomic mass is 16.6. The molecule has 4 rings (SSSR count). The lowest BCUT2D eigenvalue weighted by Gasteiger charge is -2.35. The highest BCUT2D eigenvalue weighted by Gasteiger charge is 2.37. The number of para-hydroxylation sites is 1. The minimum atomic E-state index is -0.806. The Kier molecular flexibility index (Phi) is 12.8. The van der Waals surface area contributed by atoms with Crippen LogP contribution < -0.4 is 4.74 Å². The van der Waals surface area contributed by atoms with Crippen molar-refractivity contribution in [2.45, 2.75) is 12.5 Å². The maximum atomic E-state index is 11.7. The van der Waals surface area contributed by atoms with Crippen LogP contribution in [0.3, 0.4) is 0 Å². The predicted octanol–water partition coefficient (Wildman–Crippen LogP) is 6.91. The van der Waals surface area contributed by atoms with Crippen molar-refractivity contribution in [3.05, 3.63) is 163 Å². The van der Waals surface area contributed by atoms with E-state index in [0.717, 1.165) is 28.5 Å². The monoisotopic (exact) mass is 564 g/mol. The van der Waals surface area contributed by atoms with Crippen LogP contribution in [0.4, 0.5) is 0 Å². The minimum Gasteiger partial charge on any atom is -0.490 e. The summed E-state index contributed by atoms with van der Waals surface area (Å²) in [4.78, 5) is 22.3. The number of esters is 2. The molecule has 0 aliphatic carbocycles. The third-order valence-corrected chi connectivity index (χ3v) is 6.03. The third kappa shape index (κ3) is 9.32. The van der Waals surface area contributed by atoms with Gasteiger partial charge in [-0.1, -0.05) is 122 Å². The molecule has 0 aliphatic rings. The lowest BCUT2D eigenvalue weighted by Crippen LogP contribution is -2.34. The first-order valence-electron chi connectivity index (χ1n) is 13.6. The van der Waals surface area contributed by atoms with Crippen molar-refractivity contribution in [2.75, 3.05) is 26.4 Å². The van der Waals surface area contributed by atoms with Gasteiger partial charge >= 0.3 is 11.9 Å². The van der Waals surface area contributed by atoms with Crippen molar-refractivity contribution in [1.29, 1.82) is 0 Å². The van der Waals surface area contributed by atoms with Gasteiger partial charge in [0.1, 0.15) is 31.2 Å². The summed E-state index contributed by atoms with van der Waals surface area (Å²) in [5.41, 5.74) is 2.61. The summed E-state index contributed by atoms with van der Waals surface area (Å²) in [6.45, 7) is 9.51. The van der Waals surface area contributed by atoms with Gasteiger partial charge in [0, 0.05) is 11.6 Å². The summed E-state index contributed by atoms with van der Waals surface area (Å²) >= 11 is 0. The fourth-order valence-electron chi connectivity index (χ4n) is 4.10. The van der Waals surface area contributed by atoms with Gasteiger partial charge in [0.25, 0.3) is 0 Å². The Balaban J connectivity index is 0.000000291. The Hall–Kier alpha value is -4.94. The summed E-state index contributed by atoms with van der Waals surface area (Å²) in [7, 11) is 0. The molecule has 42 heavy (non-hydrogen) atoms. The van der Waals surface area contributed by atoms with Crippen LogP contribution in [0, 0.1) is 0 Å². The molecule has 0 aromatic heterocycles. The van der Waals surface area contributed by atoms with Crippen LogP contribution in [0.25, 0.3) is 0 Å². The van der Waals surface area contributed by atoms with Crippen molar-refractivity contribution in [1.82, 2.24) is 0 Å². The number of carbonyl (C=O) groups is 2. The van der Waals surface area contributed by atoms with E-state index in [-0.39, 0.29) is 19.8 Å². The molecule has 0 fully saturated rings. The summed E-state index contributed by atoms with van der Waals surface area (Å²) in [6.07, 6.45) is 1.13. The van der Waals surface area contributed by atoms with E-state index in [0.29, 0.717) is 12.2 Å². The van der Waals surface area contributed by atoms with Gasteiger partial charge in [-0.2, -0.15) is 0 Å². The van der Waals surface area contributed by atoms with Gasteiger partial charge in [0.2, 0.25) is 0 Å². The fourth-order valence-corrected chi connectivity index (χ4v) is 4.10. The minimum absolute atomic E-state index is 0.153. The second-order valence-corrected chi connectivity index (χ2v) is 9.08. The van der Waals surface area contributed by atoms with Crippen LogP contribution in [0.2, 0.25) is 0 Å². The summed E-state index contributed by atoms with van der Waals surface area (Å²) < 4.78 is 21.8. The second kappa shape index (κ2) is 17.0. The van der Waals surface area contributed by atoms with E-state index in [1.165, 1.54) is 0 Å². The zero-order valence-corrected chi connectivity index (χ0v) is 23.8.